The predicted octanol–water partition coefficient (Wildman–Crippen LogP) is 0.246. The second-order valence-corrected chi connectivity index (χ2v) is 4.57. The van der Waals surface area contributed by atoms with Gasteiger partial charge in [-0.15, -0.1) is 0 Å². The van der Waals surface area contributed by atoms with Gasteiger partial charge < -0.3 is 0 Å². The summed E-state index contributed by atoms with van der Waals surface area (Å²) in [6.07, 6.45) is 3.47. The first-order valence-electron chi connectivity index (χ1n) is 6.19. The molecule has 0 spiro atoms. The molecule has 2 aliphatic rings. The Bertz CT molecular complexity index is 756. The summed E-state index contributed by atoms with van der Waals surface area (Å²) in [5, 5.41) is 1.02. The van der Waals surface area contributed by atoms with Crippen LogP contribution < -0.4 is 10.6 Å². The number of amides is 1. The Hall–Kier alpha value is -2.36. The van der Waals surface area contributed by atoms with Crippen LogP contribution in [-0.4, -0.2) is 17.5 Å². The van der Waals surface area contributed by atoms with Crippen LogP contribution in [0.5, 0.6) is 0 Å². The van der Waals surface area contributed by atoms with E-state index in [0.29, 0.717) is 23.4 Å². The van der Waals surface area contributed by atoms with Gasteiger partial charge in [0.15, 0.2) is 5.78 Å². The smallest absolute Gasteiger partial charge is 0.282 e. The Balaban J connectivity index is 2.16. The summed E-state index contributed by atoms with van der Waals surface area (Å²) in [6.45, 7) is 0. The maximum Gasteiger partial charge on any atom is 0.282 e. The van der Waals surface area contributed by atoms with Crippen molar-refractivity contribution in [1.29, 1.82) is 0 Å². The van der Waals surface area contributed by atoms with Crippen LogP contribution in [0, 0.1) is 0 Å². The molecule has 0 N–H and O–H groups in total. The van der Waals surface area contributed by atoms with Crippen molar-refractivity contribution >= 4 is 23.0 Å². The second kappa shape index (κ2) is 4.39. The molecule has 1 aromatic rings. The van der Waals surface area contributed by atoms with E-state index in [0.717, 1.165) is 6.42 Å². The first-order valence-corrected chi connectivity index (χ1v) is 6.19. The number of para-hydroxylation sites is 1. The number of Topliss-reactive ketones (excluding diaryl/α,β-unsaturated/α-hetero) is 2. The van der Waals surface area contributed by atoms with Gasteiger partial charge in [-0.05, 0) is 18.9 Å². The van der Waals surface area contributed by atoms with E-state index >= 15 is 0 Å². The zero-order chi connectivity index (χ0) is 13.4. The highest BCUT2D eigenvalue weighted by Crippen LogP contribution is 2.19. The van der Waals surface area contributed by atoms with Crippen LogP contribution in [0.15, 0.2) is 40.9 Å². The van der Waals surface area contributed by atoms with Crippen molar-refractivity contribution < 1.29 is 14.4 Å². The first kappa shape index (κ1) is 11.7. The summed E-state index contributed by atoms with van der Waals surface area (Å²) < 4.78 is 0. The van der Waals surface area contributed by atoms with Crippen molar-refractivity contribution in [3.8, 4) is 0 Å². The van der Waals surface area contributed by atoms with Crippen LogP contribution in [0.25, 0.3) is 5.57 Å². The van der Waals surface area contributed by atoms with E-state index in [1.807, 2.05) is 0 Å². The normalized spacial score (nSPS) is 17.9. The lowest BCUT2D eigenvalue weighted by molar-refractivity contribution is -0.120. The number of benzene rings is 1. The van der Waals surface area contributed by atoms with Crippen LogP contribution in [0.3, 0.4) is 0 Å². The van der Waals surface area contributed by atoms with Gasteiger partial charge in [0.25, 0.3) is 5.91 Å². The molecule has 4 heteroatoms. The number of hydrogen-bond acceptors (Lipinski definition) is 3. The fourth-order valence-electron chi connectivity index (χ4n) is 2.39. The number of nitrogens with zero attached hydrogens (tertiary/aromatic N) is 1. The van der Waals surface area contributed by atoms with Gasteiger partial charge in [0.05, 0.1) is 16.5 Å². The van der Waals surface area contributed by atoms with Crippen molar-refractivity contribution in [2.24, 2.45) is 4.99 Å². The Kier molecular flexibility index (Phi) is 2.71. The summed E-state index contributed by atoms with van der Waals surface area (Å²) in [5.74, 6) is -1.21. The van der Waals surface area contributed by atoms with Gasteiger partial charge >= 0.3 is 0 Å². The molecule has 4 nitrogen and oxygen atoms in total. The first-order chi connectivity index (χ1) is 9.18. The summed E-state index contributed by atoms with van der Waals surface area (Å²) in [4.78, 5) is 39.8. The molecule has 1 heterocycles. The third kappa shape index (κ3) is 1.85. The van der Waals surface area contributed by atoms with Gasteiger partial charge in [-0.25, -0.2) is 4.99 Å². The Morgan fingerprint density at radius 2 is 1.95 bits per heavy atom. The molecule has 0 unspecified atom stereocenters. The highest BCUT2D eigenvalue weighted by atomic mass is 16.2. The molecular formula is C15H11NO3. The van der Waals surface area contributed by atoms with E-state index in [9.17, 15) is 14.4 Å². The minimum atomic E-state index is -0.550. The molecule has 0 aromatic heterocycles. The van der Waals surface area contributed by atoms with Crippen LogP contribution >= 0.6 is 0 Å². The lowest BCUT2D eigenvalue weighted by atomic mass is 9.91. The van der Waals surface area contributed by atoms with Gasteiger partial charge in [0.2, 0.25) is 5.78 Å². The topological polar surface area (TPSA) is 63.6 Å². The van der Waals surface area contributed by atoms with Crippen LogP contribution in [-0.2, 0) is 14.4 Å². The molecule has 0 saturated heterocycles. The maximum atomic E-state index is 12.4. The zero-order valence-electron chi connectivity index (χ0n) is 10.2. The van der Waals surface area contributed by atoms with Crippen LogP contribution in [0.2, 0.25) is 0 Å². The lowest BCUT2D eigenvalue weighted by Crippen LogP contribution is -2.27. The molecule has 1 aromatic carbocycles. The second-order valence-electron chi connectivity index (χ2n) is 4.57. The molecule has 19 heavy (non-hydrogen) atoms. The van der Waals surface area contributed by atoms with Gasteiger partial charge in [0.1, 0.15) is 0 Å². The molecule has 0 saturated carbocycles. The number of ketones is 2. The van der Waals surface area contributed by atoms with Crippen molar-refractivity contribution in [1.82, 2.24) is 0 Å². The molecule has 3 rings (SSSR count). The third-order valence-electron chi connectivity index (χ3n) is 3.34. The van der Waals surface area contributed by atoms with E-state index in [1.165, 1.54) is 0 Å². The van der Waals surface area contributed by atoms with Gasteiger partial charge in [0, 0.05) is 11.6 Å². The molecule has 0 fully saturated rings. The summed E-state index contributed by atoms with van der Waals surface area (Å²) in [7, 11) is 0. The number of rotatable bonds is 2. The third-order valence-corrected chi connectivity index (χ3v) is 3.34. The molecule has 0 bridgehead atoms. The maximum absolute atomic E-state index is 12.4. The van der Waals surface area contributed by atoms with Crippen molar-refractivity contribution in [2.75, 3.05) is 0 Å². The quantitative estimate of drug-likeness (QED) is 0.709. The highest BCUT2D eigenvalue weighted by Gasteiger charge is 2.29. The number of carbonyl (C=O) groups is 3. The minimum absolute atomic E-state index is 0.0251. The van der Waals surface area contributed by atoms with E-state index in [2.05, 4.69) is 4.99 Å². The molecule has 94 valence electrons. The van der Waals surface area contributed by atoms with E-state index in [1.54, 1.807) is 30.3 Å². The minimum Gasteiger partial charge on any atom is -0.294 e. The Morgan fingerprint density at radius 1 is 1.16 bits per heavy atom. The van der Waals surface area contributed by atoms with E-state index in [4.69, 9.17) is 0 Å². The largest absolute Gasteiger partial charge is 0.294 e. The fraction of sp³-hybridized carbons (Fsp3) is 0.200. The zero-order valence-corrected chi connectivity index (χ0v) is 10.2. The SMILES string of the molecule is O=C1CCCC=C1C(=O)C1=c2ccccc2=NC1=O. The fourth-order valence-corrected chi connectivity index (χ4v) is 2.39. The van der Waals surface area contributed by atoms with Crippen molar-refractivity contribution in [2.45, 2.75) is 19.3 Å². The molecule has 0 radical (unpaired) electrons. The summed E-state index contributed by atoms with van der Waals surface area (Å²) >= 11 is 0. The van der Waals surface area contributed by atoms with Gasteiger partial charge in [-0.1, -0.05) is 24.3 Å². The lowest BCUT2D eigenvalue weighted by Gasteiger charge is -2.10. The van der Waals surface area contributed by atoms with Crippen LogP contribution in [0.1, 0.15) is 19.3 Å². The molecule has 1 aliphatic carbocycles. The summed E-state index contributed by atoms with van der Waals surface area (Å²) in [5.41, 5.74) is 0.165. The number of fused-ring (bicyclic) bond motifs is 1. The number of carbonyl (C=O) groups excluding carboxylic acids is 3. The Morgan fingerprint density at radius 3 is 2.74 bits per heavy atom. The number of allylic oxidation sites excluding steroid dienone is 2. The van der Waals surface area contributed by atoms with Gasteiger partial charge in [-0.3, -0.25) is 14.4 Å². The van der Waals surface area contributed by atoms with E-state index < -0.39 is 11.7 Å². The molecule has 0 atom stereocenters. The molecular weight excluding hydrogens is 242 g/mol. The number of hydrogen-bond donors (Lipinski definition) is 0. The van der Waals surface area contributed by atoms with Gasteiger partial charge in [-0.2, -0.15) is 0 Å². The molecule has 1 aliphatic heterocycles. The highest BCUT2D eigenvalue weighted by molar-refractivity contribution is 6.50. The average molecular weight is 253 g/mol. The van der Waals surface area contributed by atoms with Crippen molar-refractivity contribution in [3.63, 3.8) is 0 Å². The average Bonchev–Trinajstić information content (AvgIpc) is 2.74. The van der Waals surface area contributed by atoms with E-state index in [-0.39, 0.29) is 16.9 Å². The van der Waals surface area contributed by atoms with Crippen LogP contribution in [0.4, 0.5) is 0 Å². The Labute approximate surface area is 109 Å². The standard InChI is InChI=1S/C15H11NO3/c17-12-8-4-2-6-10(12)14(18)13-9-5-1-3-7-11(9)16-15(13)19/h1,3,5-7H,2,4,8H2. The summed E-state index contributed by atoms with van der Waals surface area (Å²) in [6, 6.07) is 6.88. The monoisotopic (exact) mass is 253 g/mol. The van der Waals surface area contributed by atoms with Crippen molar-refractivity contribution in [3.05, 3.63) is 46.5 Å². The molecule has 1 amide bonds. The predicted molar refractivity (Wildman–Crippen MR) is 67.6 cm³/mol.